The number of methoxy groups -OCH3 is 1. The minimum Gasteiger partial charge on any atom is -0.497 e. The van der Waals surface area contributed by atoms with E-state index in [0.29, 0.717) is 0 Å². The van der Waals surface area contributed by atoms with Gasteiger partial charge >= 0.3 is 0 Å². The van der Waals surface area contributed by atoms with Gasteiger partial charge in [-0.1, -0.05) is 60.7 Å². The second-order valence-corrected chi connectivity index (χ2v) is 8.07. The molecule has 0 bridgehead atoms. The van der Waals surface area contributed by atoms with E-state index in [1.165, 1.54) is 53.1 Å². The Balaban J connectivity index is 1.69. The van der Waals surface area contributed by atoms with Gasteiger partial charge in [-0.3, -0.25) is 0 Å². The van der Waals surface area contributed by atoms with Crippen molar-refractivity contribution in [1.29, 1.82) is 0 Å². The Morgan fingerprint density at radius 3 is 2.29 bits per heavy atom. The molecular formula is C25H17NOS. The molecule has 2 heterocycles. The molecule has 6 rings (SSSR count). The van der Waals surface area contributed by atoms with Crippen molar-refractivity contribution in [1.82, 2.24) is 4.98 Å². The molecule has 0 saturated carbocycles. The van der Waals surface area contributed by atoms with Crippen molar-refractivity contribution < 1.29 is 4.74 Å². The molecule has 0 spiro atoms. The minimum absolute atomic E-state index is 0.882. The molecule has 0 fully saturated rings. The van der Waals surface area contributed by atoms with Crippen LogP contribution in [0.4, 0.5) is 0 Å². The fourth-order valence-electron chi connectivity index (χ4n) is 4.17. The first-order chi connectivity index (χ1) is 13.8. The zero-order valence-electron chi connectivity index (χ0n) is 15.3. The predicted molar refractivity (Wildman–Crippen MR) is 121 cm³/mol. The summed E-state index contributed by atoms with van der Waals surface area (Å²) in [6.07, 6.45) is 0. The molecule has 3 heteroatoms. The topological polar surface area (TPSA) is 25.0 Å². The maximum absolute atomic E-state index is 5.32. The Morgan fingerprint density at radius 2 is 1.43 bits per heavy atom. The summed E-state index contributed by atoms with van der Waals surface area (Å²) in [6, 6.07) is 28.0. The molecule has 28 heavy (non-hydrogen) atoms. The molecular weight excluding hydrogens is 362 g/mol. The van der Waals surface area contributed by atoms with E-state index in [2.05, 4.69) is 71.7 Å². The molecule has 0 atom stereocenters. The third-order valence-electron chi connectivity index (χ3n) is 5.54. The standard InChI is InChI=1S/C25H17NOS/c1-27-16-11-9-15(10-12-16)17-6-4-7-20-21-14-13-19-18-5-2-3-8-22(18)26-23(19)25(21)28-24(17)20/h2-14,26H,1H3. The summed E-state index contributed by atoms with van der Waals surface area (Å²) in [5, 5.41) is 5.20. The van der Waals surface area contributed by atoms with Crippen LogP contribution in [0, 0.1) is 0 Å². The minimum atomic E-state index is 0.882. The van der Waals surface area contributed by atoms with E-state index >= 15 is 0 Å². The van der Waals surface area contributed by atoms with Gasteiger partial charge in [0, 0.05) is 31.8 Å². The van der Waals surface area contributed by atoms with Crippen LogP contribution in [-0.2, 0) is 0 Å². The molecule has 6 aromatic rings. The lowest BCUT2D eigenvalue weighted by Crippen LogP contribution is -1.82. The van der Waals surface area contributed by atoms with E-state index in [0.717, 1.165) is 5.75 Å². The monoisotopic (exact) mass is 379 g/mol. The van der Waals surface area contributed by atoms with Gasteiger partial charge < -0.3 is 9.72 Å². The molecule has 0 radical (unpaired) electrons. The van der Waals surface area contributed by atoms with Crippen LogP contribution >= 0.6 is 11.3 Å². The fraction of sp³-hybridized carbons (Fsp3) is 0.0400. The molecule has 2 aromatic heterocycles. The Labute approximate surface area is 166 Å². The van der Waals surface area contributed by atoms with Gasteiger partial charge in [-0.15, -0.1) is 11.3 Å². The summed E-state index contributed by atoms with van der Waals surface area (Å²) in [7, 11) is 1.70. The van der Waals surface area contributed by atoms with Gasteiger partial charge in [0.05, 0.1) is 17.3 Å². The summed E-state index contributed by atoms with van der Waals surface area (Å²) in [6.45, 7) is 0. The zero-order chi connectivity index (χ0) is 18.7. The molecule has 0 amide bonds. The van der Waals surface area contributed by atoms with Gasteiger partial charge in [-0.2, -0.15) is 0 Å². The first-order valence-electron chi connectivity index (χ1n) is 9.32. The maximum Gasteiger partial charge on any atom is 0.118 e. The lowest BCUT2D eigenvalue weighted by Gasteiger charge is -2.05. The van der Waals surface area contributed by atoms with Crippen molar-refractivity contribution >= 4 is 53.3 Å². The Morgan fingerprint density at radius 1 is 0.679 bits per heavy atom. The number of para-hydroxylation sites is 1. The Hall–Kier alpha value is -3.30. The van der Waals surface area contributed by atoms with Crippen LogP contribution in [0.3, 0.4) is 0 Å². The van der Waals surface area contributed by atoms with Gasteiger partial charge in [0.1, 0.15) is 5.75 Å². The van der Waals surface area contributed by atoms with Gasteiger partial charge in [0.25, 0.3) is 0 Å². The SMILES string of the molecule is COc1ccc(-c2cccc3c2sc2c3ccc3c4ccccc4[nH]c32)cc1. The number of H-pyrrole nitrogens is 1. The number of nitrogens with one attached hydrogen (secondary N) is 1. The van der Waals surface area contributed by atoms with Crippen LogP contribution in [0.2, 0.25) is 0 Å². The summed E-state index contributed by atoms with van der Waals surface area (Å²) < 4.78 is 7.97. The molecule has 4 aromatic carbocycles. The van der Waals surface area contributed by atoms with Gasteiger partial charge in [0.15, 0.2) is 0 Å². The normalized spacial score (nSPS) is 11.8. The molecule has 1 N–H and O–H groups in total. The quantitative estimate of drug-likeness (QED) is 0.334. The number of ether oxygens (including phenoxy) is 1. The molecule has 134 valence electrons. The van der Waals surface area contributed by atoms with Crippen LogP contribution in [0.15, 0.2) is 78.9 Å². The van der Waals surface area contributed by atoms with Crippen molar-refractivity contribution in [3.63, 3.8) is 0 Å². The number of aromatic nitrogens is 1. The maximum atomic E-state index is 5.32. The Bertz CT molecular complexity index is 1490. The van der Waals surface area contributed by atoms with Crippen LogP contribution in [-0.4, -0.2) is 12.1 Å². The smallest absolute Gasteiger partial charge is 0.118 e. The predicted octanol–water partition coefficient (Wildman–Crippen LogP) is 7.36. The van der Waals surface area contributed by atoms with E-state index in [1.807, 2.05) is 23.5 Å². The number of thiophene rings is 1. The molecule has 0 aliphatic carbocycles. The molecule has 0 unspecified atom stereocenters. The molecule has 0 aliphatic heterocycles. The van der Waals surface area contributed by atoms with Gasteiger partial charge in [-0.25, -0.2) is 0 Å². The van der Waals surface area contributed by atoms with E-state index in [4.69, 9.17) is 4.74 Å². The summed E-state index contributed by atoms with van der Waals surface area (Å²) in [5.74, 6) is 0.882. The third-order valence-corrected chi connectivity index (χ3v) is 6.82. The third kappa shape index (κ3) is 2.14. The number of aromatic amines is 1. The average Bonchev–Trinajstić information content (AvgIpc) is 3.32. The number of hydrogen-bond acceptors (Lipinski definition) is 2. The molecule has 2 nitrogen and oxygen atoms in total. The lowest BCUT2D eigenvalue weighted by molar-refractivity contribution is 0.415. The van der Waals surface area contributed by atoms with Crippen molar-refractivity contribution in [2.75, 3.05) is 7.11 Å². The second-order valence-electron chi connectivity index (χ2n) is 7.05. The van der Waals surface area contributed by atoms with Crippen LogP contribution in [0.25, 0.3) is 53.1 Å². The van der Waals surface area contributed by atoms with Crippen molar-refractivity contribution in [2.45, 2.75) is 0 Å². The number of benzene rings is 4. The highest BCUT2D eigenvalue weighted by atomic mass is 32.1. The van der Waals surface area contributed by atoms with Crippen LogP contribution < -0.4 is 4.74 Å². The molecule has 0 saturated heterocycles. The highest BCUT2D eigenvalue weighted by Gasteiger charge is 2.14. The van der Waals surface area contributed by atoms with E-state index in [-0.39, 0.29) is 0 Å². The largest absolute Gasteiger partial charge is 0.497 e. The van der Waals surface area contributed by atoms with E-state index < -0.39 is 0 Å². The van der Waals surface area contributed by atoms with E-state index in [1.54, 1.807) is 7.11 Å². The van der Waals surface area contributed by atoms with Gasteiger partial charge in [-0.05, 0) is 29.3 Å². The lowest BCUT2D eigenvalue weighted by atomic mass is 10.0. The van der Waals surface area contributed by atoms with Crippen molar-refractivity contribution in [2.24, 2.45) is 0 Å². The van der Waals surface area contributed by atoms with Crippen molar-refractivity contribution in [3.8, 4) is 16.9 Å². The first-order valence-corrected chi connectivity index (χ1v) is 10.1. The summed E-state index contributed by atoms with van der Waals surface area (Å²) in [5.41, 5.74) is 4.91. The van der Waals surface area contributed by atoms with Crippen LogP contribution in [0.5, 0.6) is 5.75 Å². The fourth-order valence-corrected chi connectivity index (χ4v) is 5.51. The highest BCUT2D eigenvalue weighted by molar-refractivity contribution is 7.27. The zero-order valence-corrected chi connectivity index (χ0v) is 16.1. The van der Waals surface area contributed by atoms with E-state index in [9.17, 15) is 0 Å². The number of fused-ring (bicyclic) bond motifs is 7. The first kappa shape index (κ1) is 15.7. The van der Waals surface area contributed by atoms with Gasteiger partial charge in [0.2, 0.25) is 0 Å². The van der Waals surface area contributed by atoms with Crippen LogP contribution in [0.1, 0.15) is 0 Å². The Kier molecular flexibility index (Phi) is 3.28. The molecule has 0 aliphatic rings. The second kappa shape index (κ2) is 5.85. The number of rotatable bonds is 2. The summed E-state index contributed by atoms with van der Waals surface area (Å²) >= 11 is 1.88. The summed E-state index contributed by atoms with van der Waals surface area (Å²) in [4.78, 5) is 3.65. The van der Waals surface area contributed by atoms with Crippen molar-refractivity contribution in [3.05, 3.63) is 78.9 Å². The highest BCUT2D eigenvalue weighted by Crippen LogP contribution is 2.43. The number of hydrogen-bond donors (Lipinski definition) is 1. The average molecular weight is 379 g/mol.